The first kappa shape index (κ1) is 15.5. The van der Waals surface area contributed by atoms with Gasteiger partial charge in [-0.3, -0.25) is 0 Å². The molecule has 1 aromatic rings. The Hall–Kier alpha value is -0.910. The van der Waals surface area contributed by atoms with Gasteiger partial charge < -0.3 is 5.73 Å². The molecule has 0 saturated heterocycles. The lowest BCUT2D eigenvalue weighted by atomic mass is 9.91. The van der Waals surface area contributed by atoms with Crippen molar-refractivity contribution in [2.45, 2.75) is 45.2 Å². The van der Waals surface area contributed by atoms with E-state index < -0.39 is 10.0 Å². The Labute approximate surface area is 121 Å². The molecule has 5 heteroatoms. The van der Waals surface area contributed by atoms with Crippen LogP contribution in [-0.4, -0.2) is 14.2 Å². The molecule has 0 bridgehead atoms. The van der Waals surface area contributed by atoms with Crippen LogP contribution in [0.1, 0.15) is 43.2 Å². The van der Waals surface area contributed by atoms with Crippen LogP contribution in [0.4, 0.5) is 0 Å². The quantitative estimate of drug-likeness (QED) is 0.845. The Bertz CT molecular complexity index is 522. The molecule has 20 heavy (non-hydrogen) atoms. The maximum atomic E-state index is 12.1. The predicted octanol–water partition coefficient (Wildman–Crippen LogP) is 2.14. The van der Waals surface area contributed by atoms with Crippen molar-refractivity contribution < 1.29 is 8.42 Å². The van der Waals surface area contributed by atoms with Gasteiger partial charge in [0.15, 0.2) is 0 Å². The van der Waals surface area contributed by atoms with Crippen LogP contribution < -0.4 is 10.5 Å². The summed E-state index contributed by atoms with van der Waals surface area (Å²) in [4.78, 5) is 0. The summed E-state index contributed by atoms with van der Waals surface area (Å²) in [7, 11) is -3.20. The van der Waals surface area contributed by atoms with E-state index in [9.17, 15) is 8.42 Å². The van der Waals surface area contributed by atoms with Crippen LogP contribution in [0.15, 0.2) is 24.3 Å². The van der Waals surface area contributed by atoms with Crippen molar-refractivity contribution in [3.8, 4) is 0 Å². The molecular weight excluding hydrogens is 272 g/mol. The normalized spacial score (nSPS) is 17.2. The van der Waals surface area contributed by atoms with Crippen LogP contribution in [0.5, 0.6) is 0 Å². The van der Waals surface area contributed by atoms with E-state index in [2.05, 4.69) is 4.72 Å². The number of hydrogen-bond donors (Lipinski definition) is 2. The minimum absolute atomic E-state index is 0.262. The van der Waals surface area contributed by atoms with Gasteiger partial charge in [-0.1, -0.05) is 43.5 Å². The molecule has 0 aromatic heterocycles. The molecule has 1 aliphatic carbocycles. The second-order valence-corrected chi connectivity index (χ2v) is 7.43. The average molecular weight is 296 g/mol. The monoisotopic (exact) mass is 296 g/mol. The first-order valence-corrected chi connectivity index (χ1v) is 9.00. The predicted molar refractivity (Wildman–Crippen MR) is 81.5 cm³/mol. The van der Waals surface area contributed by atoms with E-state index in [-0.39, 0.29) is 5.75 Å². The molecule has 112 valence electrons. The number of sulfonamides is 1. The van der Waals surface area contributed by atoms with E-state index in [1.54, 1.807) is 0 Å². The molecule has 0 amide bonds. The number of hydrogen-bond acceptors (Lipinski definition) is 3. The second kappa shape index (κ2) is 7.20. The smallest absolute Gasteiger partial charge is 0.212 e. The summed E-state index contributed by atoms with van der Waals surface area (Å²) in [5, 5.41) is 0. The number of nitrogens with two attached hydrogens (primary N) is 1. The van der Waals surface area contributed by atoms with Gasteiger partial charge in [0.25, 0.3) is 0 Å². The summed E-state index contributed by atoms with van der Waals surface area (Å²) in [5.74, 6) is 0.587. The number of rotatable bonds is 6. The van der Waals surface area contributed by atoms with Gasteiger partial charge >= 0.3 is 0 Å². The summed E-state index contributed by atoms with van der Waals surface area (Å²) < 4.78 is 27.0. The zero-order valence-electron chi connectivity index (χ0n) is 11.8. The lowest BCUT2D eigenvalue weighted by molar-refractivity contribution is 0.384. The molecule has 0 heterocycles. The van der Waals surface area contributed by atoms with Gasteiger partial charge in [0.2, 0.25) is 10.0 Å². The molecular formula is C15H24N2O2S. The molecule has 0 spiro atoms. The molecule has 3 N–H and O–H groups in total. The van der Waals surface area contributed by atoms with Crippen molar-refractivity contribution in [2.75, 3.05) is 5.75 Å². The summed E-state index contributed by atoms with van der Waals surface area (Å²) in [6.07, 6.45) is 5.65. The molecule has 0 unspecified atom stereocenters. The highest BCUT2D eigenvalue weighted by Gasteiger charge is 2.21. The van der Waals surface area contributed by atoms with Crippen molar-refractivity contribution in [3.63, 3.8) is 0 Å². The fourth-order valence-corrected chi connectivity index (χ4v) is 4.29. The van der Waals surface area contributed by atoms with E-state index in [0.717, 1.165) is 36.8 Å². The summed E-state index contributed by atoms with van der Waals surface area (Å²) in [6.45, 7) is 0.767. The fraction of sp³-hybridized carbons (Fsp3) is 0.600. The molecule has 1 saturated carbocycles. The van der Waals surface area contributed by atoms with Gasteiger partial charge in [-0.2, -0.15) is 0 Å². The Kier molecular flexibility index (Phi) is 5.57. The van der Waals surface area contributed by atoms with Crippen LogP contribution in [-0.2, 0) is 23.1 Å². The van der Waals surface area contributed by atoms with E-state index in [1.165, 1.54) is 6.42 Å². The lowest BCUT2D eigenvalue weighted by Crippen LogP contribution is -2.30. The highest BCUT2D eigenvalue weighted by atomic mass is 32.2. The highest BCUT2D eigenvalue weighted by molar-refractivity contribution is 7.89. The van der Waals surface area contributed by atoms with Crippen LogP contribution in [0.25, 0.3) is 0 Å². The Balaban J connectivity index is 1.91. The van der Waals surface area contributed by atoms with Crippen molar-refractivity contribution in [3.05, 3.63) is 35.4 Å². The minimum Gasteiger partial charge on any atom is -0.326 e. The Morgan fingerprint density at radius 1 is 1.10 bits per heavy atom. The van der Waals surface area contributed by atoms with Crippen LogP contribution in [0.2, 0.25) is 0 Å². The first-order valence-electron chi connectivity index (χ1n) is 7.35. The molecule has 2 rings (SSSR count). The van der Waals surface area contributed by atoms with Crippen molar-refractivity contribution in [2.24, 2.45) is 11.7 Å². The van der Waals surface area contributed by atoms with Gasteiger partial charge in [-0.15, -0.1) is 0 Å². The van der Waals surface area contributed by atoms with Crippen molar-refractivity contribution in [1.29, 1.82) is 0 Å². The maximum Gasteiger partial charge on any atom is 0.212 e. The zero-order chi connectivity index (χ0) is 14.4. The SMILES string of the molecule is NCc1ccccc1CNS(=O)(=O)CC1CCCCC1. The third-order valence-electron chi connectivity index (χ3n) is 4.00. The second-order valence-electron chi connectivity index (χ2n) is 5.58. The third-order valence-corrected chi connectivity index (χ3v) is 5.50. The van der Waals surface area contributed by atoms with E-state index in [0.29, 0.717) is 19.0 Å². The highest BCUT2D eigenvalue weighted by Crippen LogP contribution is 2.24. The van der Waals surface area contributed by atoms with Crippen molar-refractivity contribution >= 4 is 10.0 Å². The summed E-state index contributed by atoms with van der Waals surface area (Å²) in [6, 6.07) is 7.68. The number of benzene rings is 1. The van der Waals surface area contributed by atoms with E-state index in [1.807, 2.05) is 24.3 Å². The standard InChI is InChI=1S/C15H24N2O2S/c16-10-14-8-4-5-9-15(14)11-17-20(18,19)12-13-6-2-1-3-7-13/h4-5,8-9,13,17H,1-3,6-7,10-12,16H2. The Morgan fingerprint density at radius 2 is 1.75 bits per heavy atom. The van der Waals surface area contributed by atoms with Crippen LogP contribution in [0.3, 0.4) is 0 Å². The topological polar surface area (TPSA) is 72.2 Å². The zero-order valence-corrected chi connectivity index (χ0v) is 12.7. The summed E-state index contributed by atoms with van der Waals surface area (Å²) in [5.41, 5.74) is 7.62. The van der Waals surface area contributed by atoms with Gasteiger partial charge in [-0.25, -0.2) is 13.1 Å². The molecule has 0 aliphatic heterocycles. The maximum absolute atomic E-state index is 12.1. The molecule has 0 atom stereocenters. The van der Waals surface area contributed by atoms with Crippen LogP contribution in [0, 0.1) is 5.92 Å². The first-order chi connectivity index (χ1) is 9.61. The largest absolute Gasteiger partial charge is 0.326 e. The molecule has 4 nitrogen and oxygen atoms in total. The lowest BCUT2D eigenvalue weighted by Gasteiger charge is -2.21. The van der Waals surface area contributed by atoms with Crippen LogP contribution >= 0.6 is 0 Å². The summed E-state index contributed by atoms with van der Waals surface area (Å²) >= 11 is 0. The fourth-order valence-electron chi connectivity index (χ4n) is 2.84. The third kappa shape index (κ3) is 4.58. The molecule has 1 aromatic carbocycles. The molecule has 1 fully saturated rings. The van der Waals surface area contributed by atoms with Gasteiger partial charge in [0.1, 0.15) is 0 Å². The average Bonchev–Trinajstić information content (AvgIpc) is 2.46. The van der Waals surface area contributed by atoms with Gasteiger partial charge in [0.05, 0.1) is 5.75 Å². The van der Waals surface area contributed by atoms with E-state index >= 15 is 0 Å². The Morgan fingerprint density at radius 3 is 2.40 bits per heavy atom. The number of nitrogens with one attached hydrogen (secondary N) is 1. The molecule has 0 radical (unpaired) electrons. The van der Waals surface area contributed by atoms with E-state index in [4.69, 9.17) is 5.73 Å². The molecule has 1 aliphatic rings. The van der Waals surface area contributed by atoms with Gasteiger partial charge in [-0.05, 0) is 29.9 Å². The minimum atomic E-state index is -3.20. The van der Waals surface area contributed by atoms with Gasteiger partial charge in [0, 0.05) is 13.1 Å². The van der Waals surface area contributed by atoms with Crippen molar-refractivity contribution in [1.82, 2.24) is 4.72 Å².